The number of nitrogens with zero attached hydrogens (tertiary/aromatic N) is 1. The highest BCUT2D eigenvalue weighted by atomic mass is 32.2. The summed E-state index contributed by atoms with van der Waals surface area (Å²) in [6.45, 7) is 3.87. The van der Waals surface area contributed by atoms with Crippen molar-refractivity contribution in [1.82, 2.24) is 0 Å². The largest absolute Gasteiger partial charge is 0.235 e. The van der Waals surface area contributed by atoms with Crippen LogP contribution in [0.2, 0.25) is 0 Å². The van der Waals surface area contributed by atoms with Crippen LogP contribution in [0, 0.1) is 0 Å². The Kier molecular flexibility index (Phi) is 3.61. The molecule has 1 aliphatic rings. The van der Waals surface area contributed by atoms with E-state index in [2.05, 4.69) is 11.6 Å². The molecule has 1 atom stereocenters. The van der Waals surface area contributed by atoms with Crippen LogP contribution in [0.4, 0.5) is 0 Å². The number of carbonyl (C=O) groups excluding carboxylic acids is 1. The normalized spacial score (nSPS) is 24.1. The van der Waals surface area contributed by atoms with Gasteiger partial charge in [0.05, 0.1) is 17.5 Å². The summed E-state index contributed by atoms with van der Waals surface area (Å²) in [6, 6.07) is 0. The maximum absolute atomic E-state index is 11.4. The quantitative estimate of drug-likeness (QED) is 0.396. The molecule has 0 aromatic heterocycles. The highest BCUT2D eigenvalue weighted by molar-refractivity contribution is 7.92. The van der Waals surface area contributed by atoms with E-state index in [1.165, 1.54) is 6.08 Å². The van der Waals surface area contributed by atoms with Gasteiger partial charge in [-0.3, -0.25) is 0 Å². The molecule has 0 aromatic rings. The molecule has 4 nitrogen and oxygen atoms in total. The molecule has 14 heavy (non-hydrogen) atoms. The van der Waals surface area contributed by atoms with E-state index in [0.29, 0.717) is 18.4 Å². The number of rotatable bonds is 4. The third-order valence-electron chi connectivity index (χ3n) is 2.35. The van der Waals surface area contributed by atoms with Gasteiger partial charge in [-0.25, -0.2) is 18.2 Å². The third kappa shape index (κ3) is 2.79. The van der Waals surface area contributed by atoms with Crippen molar-refractivity contribution in [2.24, 2.45) is 4.99 Å². The zero-order valence-corrected chi connectivity index (χ0v) is 8.72. The standard InChI is InChI=1S/C9H13NO3S/c1-8(6-10-7-11)5-9-3-2-4-14(9,12)13/h9H,1-6H2. The number of sulfone groups is 1. The van der Waals surface area contributed by atoms with Gasteiger partial charge in [0.25, 0.3) is 0 Å². The van der Waals surface area contributed by atoms with Crippen LogP contribution in [0.25, 0.3) is 0 Å². The number of hydrogen-bond donors (Lipinski definition) is 0. The van der Waals surface area contributed by atoms with Crippen LogP contribution < -0.4 is 0 Å². The maximum Gasteiger partial charge on any atom is 0.235 e. The lowest BCUT2D eigenvalue weighted by Gasteiger charge is -2.08. The molecule has 1 aliphatic heterocycles. The Morgan fingerprint density at radius 3 is 2.79 bits per heavy atom. The SMILES string of the molecule is C=C(CN=C=O)CC1CCCS1(=O)=O. The second-order valence-corrected chi connectivity index (χ2v) is 5.89. The predicted octanol–water partition coefficient (Wildman–Crippen LogP) is 0.846. The van der Waals surface area contributed by atoms with Crippen LogP contribution in [0.1, 0.15) is 19.3 Å². The molecule has 1 fully saturated rings. The van der Waals surface area contributed by atoms with Crippen LogP contribution in [0.5, 0.6) is 0 Å². The van der Waals surface area contributed by atoms with E-state index in [0.717, 1.165) is 6.42 Å². The van der Waals surface area contributed by atoms with Crippen molar-refractivity contribution in [1.29, 1.82) is 0 Å². The Bertz CT molecular complexity index is 366. The van der Waals surface area contributed by atoms with Crippen molar-refractivity contribution in [2.45, 2.75) is 24.5 Å². The highest BCUT2D eigenvalue weighted by Crippen LogP contribution is 2.25. The second-order valence-electron chi connectivity index (χ2n) is 3.49. The van der Waals surface area contributed by atoms with Gasteiger partial charge < -0.3 is 0 Å². The number of aliphatic imine (C=N–C) groups is 1. The molecule has 0 bridgehead atoms. The van der Waals surface area contributed by atoms with E-state index in [1.807, 2.05) is 0 Å². The molecule has 0 radical (unpaired) electrons. The van der Waals surface area contributed by atoms with Crippen LogP contribution in [0.15, 0.2) is 17.1 Å². The summed E-state index contributed by atoms with van der Waals surface area (Å²) in [5, 5.41) is -0.308. The third-order valence-corrected chi connectivity index (χ3v) is 4.62. The predicted molar refractivity (Wildman–Crippen MR) is 53.6 cm³/mol. The van der Waals surface area contributed by atoms with Crippen molar-refractivity contribution < 1.29 is 13.2 Å². The molecule has 5 heteroatoms. The second kappa shape index (κ2) is 4.53. The summed E-state index contributed by atoms with van der Waals surface area (Å²) in [5.74, 6) is 0.280. The van der Waals surface area contributed by atoms with Crippen molar-refractivity contribution in [3.05, 3.63) is 12.2 Å². The lowest BCUT2D eigenvalue weighted by molar-refractivity contribution is 0.563. The maximum atomic E-state index is 11.4. The first kappa shape index (κ1) is 11.1. The highest BCUT2D eigenvalue weighted by Gasteiger charge is 2.31. The Balaban J connectivity index is 2.52. The van der Waals surface area contributed by atoms with Gasteiger partial charge in [0.2, 0.25) is 6.08 Å². The minimum Gasteiger partial charge on any atom is -0.229 e. The van der Waals surface area contributed by atoms with E-state index in [-0.39, 0.29) is 17.5 Å². The van der Waals surface area contributed by atoms with E-state index >= 15 is 0 Å². The average molecular weight is 215 g/mol. The zero-order chi connectivity index (χ0) is 10.6. The molecular weight excluding hydrogens is 202 g/mol. The first-order chi connectivity index (χ1) is 6.56. The smallest absolute Gasteiger partial charge is 0.229 e. The first-order valence-electron chi connectivity index (χ1n) is 4.48. The summed E-state index contributed by atoms with van der Waals surface area (Å²) >= 11 is 0. The van der Waals surface area contributed by atoms with E-state index in [4.69, 9.17) is 0 Å². The molecule has 1 unspecified atom stereocenters. The lowest BCUT2D eigenvalue weighted by atomic mass is 10.1. The molecule has 1 heterocycles. The van der Waals surface area contributed by atoms with Gasteiger partial charge in [-0.05, 0) is 19.3 Å². The molecule has 0 aromatic carbocycles. The molecule has 1 rings (SSSR count). The molecule has 0 N–H and O–H groups in total. The first-order valence-corrected chi connectivity index (χ1v) is 6.19. The zero-order valence-electron chi connectivity index (χ0n) is 7.90. The molecule has 1 saturated heterocycles. The van der Waals surface area contributed by atoms with Gasteiger partial charge in [-0.2, -0.15) is 0 Å². The van der Waals surface area contributed by atoms with Gasteiger partial charge in [-0.15, -0.1) is 0 Å². The Morgan fingerprint density at radius 2 is 2.29 bits per heavy atom. The summed E-state index contributed by atoms with van der Waals surface area (Å²) in [5.41, 5.74) is 0.684. The Morgan fingerprint density at radius 1 is 1.57 bits per heavy atom. The lowest BCUT2D eigenvalue weighted by Crippen LogP contribution is -2.16. The monoisotopic (exact) mass is 215 g/mol. The van der Waals surface area contributed by atoms with Gasteiger partial charge >= 0.3 is 0 Å². The summed E-state index contributed by atoms with van der Waals surface area (Å²) in [6.07, 6.45) is 3.27. The number of isocyanates is 1. The van der Waals surface area contributed by atoms with E-state index in [1.54, 1.807) is 0 Å². The average Bonchev–Trinajstić information content (AvgIpc) is 2.43. The minimum absolute atomic E-state index is 0.190. The topological polar surface area (TPSA) is 63.6 Å². The molecular formula is C9H13NO3S. The van der Waals surface area contributed by atoms with E-state index in [9.17, 15) is 13.2 Å². The van der Waals surface area contributed by atoms with Gasteiger partial charge in [0.1, 0.15) is 0 Å². The minimum atomic E-state index is -2.91. The van der Waals surface area contributed by atoms with E-state index < -0.39 is 9.84 Å². The van der Waals surface area contributed by atoms with Crippen molar-refractivity contribution in [3.63, 3.8) is 0 Å². The molecule has 0 saturated carbocycles. The van der Waals surface area contributed by atoms with Gasteiger partial charge in [0.15, 0.2) is 9.84 Å². The van der Waals surface area contributed by atoms with Crippen LogP contribution in [0.3, 0.4) is 0 Å². The fourth-order valence-corrected chi connectivity index (χ4v) is 3.54. The molecule has 0 aliphatic carbocycles. The summed E-state index contributed by atoms with van der Waals surface area (Å²) in [7, 11) is -2.91. The Labute approximate surface area is 83.6 Å². The number of hydrogen-bond acceptors (Lipinski definition) is 4. The van der Waals surface area contributed by atoms with Crippen LogP contribution in [-0.4, -0.2) is 32.0 Å². The van der Waals surface area contributed by atoms with Crippen LogP contribution in [-0.2, 0) is 14.6 Å². The van der Waals surface area contributed by atoms with Gasteiger partial charge in [-0.1, -0.05) is 12.2 Å². The van der Waals surface area contributed by atoms with Crippen LogP contribution >= 0.6 is 0 Å². The van der Waals surface area contributed by atoms with Gasteiger partial charge in [0, 0.05) is 0 Å². The summed E-state index contributed by atoms with van der Waals surface area (Å²) in [4.78, 5) is 13.2. The summed E-state index contributed by atoms with van der Waals surface area (Å²) < 4.78 is 22.8. The molecule has 78 valence electrons. The fraction of sp³-hybridized carbons (Fsp3) is 0.667. The van der Waals surface area contributed by atoms with Crippen molar-refractivity contribution in [3.8, 4) is 0 Å². The fourth-order valence-electron chi connectivity index (χ4n) is 1.62. The van der Waals surface area contributed by atoms with Crippen molar-refractivity contribution in [2.75, 3.05) is 12.3 Å². The molecule has 0 amide bonds. The van der Waals surface area contributed by atoms with Crippen molar-refractivity contribution >= 4 is 15.9 Å². The Hall–Kier alpha value is -0.930. The molecule has 0 spiro atoms.